The zero-order valence-corrected chi connectivity index (χ0v) is 13.5. The third-order valence-electron chi connectivity index (χ3n) is 4.04. The summed E-state index contributed by atoms with van der Waals surface area (Å²) in [6.07, 6.45) is 1.71. The molecule has 2 amide bonds. The van der Waals surface area contributed by atoms with Gasteiger partial charge in [-0.3, -0.25) is 0 Å². The van der Waals surface area contributed by atoms with E-state index < -0.39 is 0 Å². The van der Waals surface area contributed by atoms with E-state index in [2.05, 4.69) is 22.8 Å². The molecule has 0 radical (unpaired) electrons. The van der Waals surface area contributed by atoms with Crippen LogP contribution in [0.4, 0.5) is 10.5 Å². The number of ether oxygens (including phenoxy) is 1. The average Bonchev–Trinajstić information content (AvgIpc) is 2.97. The van der Waals surface area contributed by atoms with Gasteiger partial charge in [0.15, 0.2) is 0 Å². The fourth-order valence-electron chi connectivity index (χ4n) is 2.92. The molecule has 1 aliphatic rings. The number of hydrogen-bond donors (Lipinski definition) is 2. The van der Waals surface area contributed by atoms with Crippen LogP contribution < -0.4 is 10.6 Å². The minimum atomic E-state index is -0.364. The van der Waals surface area contributed by atoms with E-state index in [9.17, 15) is 9.59 Å². The number of hydrogen-bond acceptors (Lipinski definition) is 3. The molecule has 5 nitrogen and oxygen atoms in total. The topological polar surface area (TPSA) is 67.4 Å². The molecule has 24 heavy (non-hydrogen) atoms. The molecule has 0 bridgehead atoms. The van der Waals surface area contributed by atoms with Crippen LogP contribution in [-0.2, 0) is 17.6 Å². The summed E-state index contributed by atoms with van der Waals surface area (Å²) in [5, 5.41) is 5.78. The Balaban J connectivity index is 1.53. The molecule has 0 saturated carbocycles. The standard InChI is InChI=1S/C19H20N2O3/c1-2-24-18(22)13-7-9-16(10-8-13)20-19(23)21-17-11-14-5-3-4-6-15(14)12-17/h3-10,17H,2,11-12H2,1H3,(H2,20,21,23). The first kappa shape index (κ1) is 16.1. The summed E-state index contributed by atoms with van der Waals surface area (Å²) in [6.45, 7) is 2.10. The average molecular weight is 324 g/mol. The van der Waals surface area contributed by atoms with Crippen molar-refractivity contribution in [1.29, 1.82) is 0 Å². The maximum atomic E-state index is 12.1. The molecule has 0 heterocycles. The van der Waals surface area contributed by atoms with Crippen molar-refractivity contribution in [3.05, 3.63) is 65.2 Å². The number of fused-ring (bicyclic) bond motifs is 1. The Morgan fingerprint density at radius 2 is 1.67 bits per heavy atom. The van der Waals surface area contributed by atoms with Crippen LogP contribution in [0.25, 0.3) is 0 Å². The summed E-state index contributed by atoms with van der Waals surface area (Å²) in [7, 11) is 0. The van der Waals surface area contributed by atoms with E-state index in [0.29, 0.717) is 17.9 Å². The molecule has 2 N–H and O–H groups in total. The van der Waals surface area contributed by atoms with Crippen molar-refractivity contribution in [1.82, 2.24) is 5.32 Å². The first-order valence-electron chi connectivity index (χ1n) is 8.07. The van der Waals surface area contributed by atoms with Crippen LogP contribution in [0.1, 0.15) is 28.4 Å². The summed E-state index contributed by atoms with van der Waals surface area (Å²) in [5.74, 6) is -0.364. The number of carbonyl (C=O) groups excluding carboxylic acids is 2. The smallest absolute Gasteiger partial charge is 0.338 e. The lowest BCUT2D eigenvalue weighted by molar-refractivity contribution is 0.0526. The summed E-state index contributed by atoms with van der Waals surface area (Å²) in [6, 6.07) is 14.8. The lowest BCUT2D eigenvalue weighted by Crippen LogP contribution is -2.38. The molecule has 0 spiro atoms. The van der Waals surface area contributed by atoms with Gasteiger partial charge >= 0.3 is 12.0 Å². The number of carbonyl (C=O) groups is 2. The lowest BCUT2D eigenvalue weighted by atomic mass is 10.1. The van der Waals surface area contributed by atoms with Gasteiger partial charge in [-0.25, -0.2) is 9.59 Å². The molecule has 0 saturated heterocycles. The molecular formula is C19H20N2O3. The van der Waals surface area contributed by atoms with Gasteiger partial charge in [-0.2, -0.15) is 0 Å². The fraction of sp³-hybridized carbons (Fsp3) is 0.263. The monoisotopic (exact) mass is 324 g/mol. The van der Waals surface area contributed by atoms with E-state index in [-0.39, 0.29) is 18.0 Å². The maximum Gasteiger partial charge on any atom is 0.338 e. The van der Waals surface area contributed by atoms with Gasteiger partial charge in [0.1, 0.15) is 0 Å². The number of urea groups is 1. The number of rotatable bonds is 4. The first-order chi connectivity index (χ1) is 11.7. The van der Waals surface area contributed by atoms with Gasteiger partial charge in [0.2, 0.25) is 0 Å². The Kier molecular flexibility index (Phi) is 4.79. The lowest BCUT2D eigenvalue weighted by Gasteiger charge is -2.13. The number of amides is 2. The van der Waals surface area contributed by atoms with Crippen molar-refractivity contribution in [2.45, 2.75) is 25.8 Å². The van der Waals surface area contributed by atoms with E-state index in [1.165, 1.54) is 11.1 Å². The molecule has 0 aliphatic heterocycles. The summed E-state index contributed by atoms with van der Waals surface area (Å²) < 4.78 is 4.93. The number of benzene rings is 2. The highest BCUT2D eigenvalue weighted by Gasteiger charge is 2.22. The molecule has 5 heteroatoms. The molecule has 2 aromatic rings. The van der Waals surface area contributed by atoms with Crippen LogP contribution >= 0.6 is 0 Å². The van der Waals surface area contributed by atoms with E-state index in [0.717, 1.165) is 12.8 Å². The second-order valence-corrected chi connectivity index (χ2v) is 5.77. The molecule has 0 atom stereocenters. The minimum Gasteiger partial charge on any atom is -0.462 e. The largest absolute Gasteiger partial charge is 0.462 e. The Bertz CT molecular complexity index is 716. The zero-order valence-electron chi connectivity index (χ0n) is 13.5. The van der Waals surface area contributed by atoms with Gasteiger partial charge in [-0.1, -0.05) is 24.3 Å². The Morgan fingerprint density at radius 1 is 1.04 bits per heavy atom. The van der Waals surface area contributed by atoms with Crippen molar-refractivity contribution in [3.63, 3.8) is 0 Å². The fourth-order valence-corrected chi connectivity index (χ4v) is 2.92. The predicted octanol–water partition coefficient (Wildman–Crippen LogP) is 3.15. The Morgan fingerprint density at radius 3 is 2.25 bits per heavy atom. The van der Waals surface area contributed by atoms with Gasteiger partial charge < -0.3 is 15.4 Å². The van der Waals surface area contributed by atoms with Gasteiger partial charge in [-0.15, -0.1) is 0 Å². The molecule has 1 aliphatic carbocycles. The van der Waals surface area contributed by atoms with E-state index in [1.54, 1.807) is 31.2 Å². The number of nitrogens with one attached hydrogen (secondary N) is 2. The van der Waals surface area contributed by atoms with Crippen molar-refractivity contribution < 1.29 is 14.3 Å². The second kappa shape index (κ2) is 7.17. The maximum absolute atomic E-state index is 12.1. The van der Waals surface area contributed by atoms with Gasteiger partial charge in [0.25, 0.3) is 0 Å². The highest BCUT2D eigenvalue weighted by Crippen LogP contribution is 2.21. The van der Waals surface area contributed by atoms with E-state index in [1.807, 2.05) is 12.1 Å². The first-order valence-corrected chi connectivity index (χ1v) is 8.07. The quantitative estimate of drug-likeness (QED) is 0.849. The van der Waals surface area contributed by atoms with Gasteiger partial charge in [-0.05, 0) is 55.2 Å². The van der Waals surface area contributed by atoms with E-state index in [4.69, 9.17) is 4.74 Å². The highest BCUT2D eigenvalue weighted by molar-refractivity contribution is 5.92. The molecule has 124 valence electrons. The predicted molar refractivity (Wildman–Crippen MR) is 92.2 cm³/mol. The molecule has 3 rings (SSSR count). The minimum absolute atomic E-state index is 0.112. The van der Waals surface area contributed by atoms with Crippen LogP contribution in [0.3, 0.4) is 0 Å². The van der Waals surface area contributed by atoms with E-state index >= 15 is 0 Å². The van der Waals surface area contributed by atoms with Crippen LogP contribution in [0.5, 0.6) is 0 Å². The molecule has 0 aromatic heterocycles. The third-order valence-corrected chi connectivity index (χ3v) is 4.04. The van der Waals surface area contributed by atoms with Crippen molar-refractivity contribution in [2.75, 3.05) is 11.9 Å². The van der Waals surface area contributed by atoms with Crippen molar-refractivity contribution >= 4 is 17.7 Å². The van der Waals surface area contributed by atoms with Crippen LogP contribution in [0.15, 0.2) is 48.5 Å². The number of esters is 1. The normalized spacial score (nSPS) is 13.2. The SMILES string of the molecule is CCOC(=O)c1ccc(NC(=O)NC2Cc3ccccc3C2)cc1. The van der Waals surface area contributed by atoms with Crippen molar-refractivity contribution in [2.24, 2.45) is 0 Å². The third kappa shape index (κ3) is 3.74. The molecule has 0 unspecified atom stereocenters. The zero-order chi connectivity index (χ0) is 16.9. The summed E-state index contributed by atoms with van der Waals surface area (Å²) in [4.78, 5) is 23.7. The molecule has 0 fully saturated rings. The van der Waals surface area contributed by atoms with Gasteiger partial charge in [0.05, 0.1) is 12.2 Å². The Hall–Kier alpha value is -2.82. The van der Waals surface area contributed by atoms with Crippen LogP contribution in [-0.4, -0.2) is 24.6 Å². The molecular weight excluding hydrogens is 304 g/mol. The summed E-state index contributed by atoms with van der Waals surface area (Å²) >= 11 is 0. The Labute approximate surface area is 141 Å². The molecule has 2 aromatic carbocycles. The van der Waals surface area contributed by atoms with Crippen LogP contribution in [0.2, 0.25) is 0 Å². The highest BCUT2D eigenvalue weighted by atomic mass is 16.5. The summed E-state index contributed by atoms with van der Waals surface area (Å²) in [5.41, 5.74) is 3.69. The van der Waals surface area contributed by atoms with Crippen molar-refractivity contribution in [3.8, 4) is 0 Å². The number of anilines is 1. The second-order valence-electron chi connectivity index (χ2n) is 5.77. The van der Waals surface area contributed by atoms with Gasteiger partial charge in [0, 0.05) is 11.7 Å². The van der Waals surface area contributed by atoms with Crippen LogP contribution in [0, 0.1) is 0 Å².